The van der Waals surface area contributed by atoms with Crippen molar-refractivity contribution in [1.29, 1.82) is 0 Å². The summed E-state index contributed by atoms with van der Waals surface area (Å²) in [4.78, 5) is 17.0. The number of hydrogen-bond acceptors (Lipinski definition) is 4. The Hall–Kier alpha value is -3.96. The molecule has 0 aliphatic rings. The van der Waals surface area contributed by atoms with E-state index in [9.17, 15) is 31.1 Å². The molecule has 2 heterocycles. The van der Waals surface area contributed by atoms with Crippen LogP contribution in [-0.4, -0.2) is 52.4 Å². The van der Waals surface area contributed by atoms with E-state index in [4.69, 9.17) is 9.15 Å². The molecule has 202 valence electrons. The standard InChI is InChI=1S/C26H23F6N3O3/c1-2-37-19-8-5-17(6-9-19)12-23-33-21-13-18(7-10-22(21)35(23)14-20-4-3-11-38-20)24(36)34(15-25(27,28)29)16-26(30,31)32/h3-11,13H,2,12,14-16H2,1H3. The Bertz CT molecular complexity index is 1360. The molecule has 2 aromatic heterocycles. The zero-order valence-corrected chi connectivity index (χ0v) is 20.1. The molecule has 0 bridgehead atoms. The van der Waals surface area contributed by atoms with E-state index in [2.05, 4.69) is 4.98 Å². The number of fused-ring (bicyclic) bond motifs is 1. The summed E-state index contributed by atoms with van der Waals surface area (Å²) in [6.45, 7) is -1.39. The predicted molar refractivity (Wildman–Crippen MR) is 126 cm³/mol. The van der Waals surface area contributed by atoms with E-state index in [-0.39, 0.29) is 22.5 Å². The fraction of sp³-hybridized carbons (Fsp3) is 0.308. The number of furan rings is 1. The Morgan fingerprint density at radius 3 is 2.26 bits per heavy atom. The van der Waals surface area contributed by atoms with Gasteiger partial charge in [0.2, 0.25) is 0 Å². The maximum atomic E-state index is 12.9. The Kier molecular flexibility index (Phi) is 7.70. The molecule has 4 aromatic rings. The quantitative estimate of drug-likeness (QED) is 0.237. The van der Waals surface area contributed by atoms with Gasteiger partial charge in [-0.3, -0.25) is 4.79 Å². The van der Waals surface area contributed by atoms with Gasteiger partial charge in [-0.2, -0.15) is 26.3 Å². The minimum absolute atomic E-state index is 0.252. The lowest BCUT2D eigenvalue weighted by Gasteiger charge is -2.25. The summed E-state index contributed by atoms with van der Waals surface area (Å²) in [5.41, 5.74) is 1.35. The molecule has 0 atom stereocenters. The molecule has 0 aliphatic carbocycles. The molecule has 0 fully saturated rings. The van der Waals surface area contributed by atoms with Crippen LogP contribution in [-0.2, 0) is 13.0 Å². The van der Waals surface area contributed by atoms with Crippen molar-refractivity contribution in [1.82, 2.24) is 14.5 Å². The smallest absolute Gasteiger partial charge is 0.406 e. The second kappa shape index (κ2) is 10.8. The number of benzene rings is 2. The second-order valence-corrected chi connectivity index (χ2v) is 8.54. The van der Waals surface area contributed by atoms with E-state index in [1.807, 2.05) is 35.8 Å². The number of ether oxygens (including phenoxy) is 1. The molecule has 0 unspecified atom stereocenters. The van der Waals surface area contributed by atoms with Crippen LogP contribution in [0.3, 0.4) is 0 Å². The maximum absolute atomic E-state index is 12.9. The maximum Gasteiger partial charge on any atom is 0.406 e. The summed E-state index contributed by atoms with van der Waals surface area (Å²) in [7, 11) is 0. The average Bonchev–Trinajstić information content (AvgIpc) is 3.46. The number of imidazole rings is 1. The van der Waals surface area contributed by atoms with Gasteiger partial charge in [0.05, 0.1) is 30.4 Å². The first-order valence-electron chi connectivity index (χ1n) is 11.6. The van der Waals surface area contributed by atoms with Gasteiger partial charge in [-0.15, -0.1) is 0 Å². The van der Waals surface area contributed by atoms with E-state index >= 15 is 0 Å². The molecule has 0 aliphatic heterocycles. The first-order chi connectivity index (χ1) is 17.9. The first-order valence-corrected chi connectivity index (χ1v) is 11.6. The van der Waals surface area contributed by atoms with Gasteiger partial charge in [0.15, 0.2) is 0 Å². The normalized spacial score (nSPS) is 12.2. The number of hydrogen-bond donors (Lipinski definition) is 0. The SMILES string of the molecule is CCOc1ccc(Cc2nc3cc(C(=O)N(CC(F)(F)F)CC(F)(F)F)ccc3n2Cc2ccco2)cc1. The van der Waals surface area contributed by atoms with E-state index in [0.717, 1.165) is 5.56 Å². The Labute approximate surface area is 213 Å². The lowest BCUT2D eigenvalue weighted by atomic mass is 10.1. The van der Waals surface area contributed by atoms with Crippen LogP contribution in [0.4, 0.5) is 26.3 Å². The number of carbonyl (C=O) groups excluding carboxylic acids is 1. The average molecular weight is 539 g/mol. The van der Waals surface area contributed by atoms with Crippen LogP contribution < -0.4 is 4.74 Å². The van der Waals surface area contributed by atoms with Gasteiger partial charge in [0, 0.05) is 12.0 Å². The third-order valence-electron chi connectivity index (χ3n) is 5.59. The van der Waals surface area contributed by atoms with E-state index in [0.29, 0.717) is 35.9 Å². The minimum Gasteiger partial charge on any atom is -0.494 e. The number of rotatable bonds is 9. The van der Waals surface area contributed by atoms with Crippen LogP contribution in [0.5, 0.6) is 5.75 Å². The van der Waals surface area contributed by atoms with Crippen molar-refractivity contribution < 1.29 is 40.3 Å². The highest BCUT2D eigenvalue weighted by molar-refractivity contribution is 5.97. The molecule has 0 N–H and O–H groups in total. The number of halogens is 6. The van der Waals surface area contributed by atoms with Gasteiger partial charge < -0.3 is 18.6 Å². The van der Waals surface area contributed by atoms with Crippen molar-refractivity contribution in [3.05, 3.63) is 83.6 Å². The van der Waals surface area contributed by atoms with Gasteiger partial charge in [0.25, 0.3) is 5.91 Å². The van der Waals surface area contributed by atoms with E-state index in [1.165, 1.54) is 24.5 Å². The van der Waals surface area contributed by atoms with Crippen molar-refractivity contribution in [2.45, 2.75) is 32.2 Å². The van der Waals surface area contributed by atoms with E-state index < -0.39 is 31.3 Å². The van der Waals surface area contributed by atoms with Crippen LogP contribution in [0.25, 0.3) is 11.0 Å². The van der Waals surface area contributed by atoms with Gasteiger partial charge in [-0.25, -0.2) is 4.98 Å². The molecular formula is C26H23F6N3O3. The summed E-state index contributed by atoms with van der Waals surface area (Å²) >= 11 is 0. The summed E-state index contributed by atoms with van der Waals surface area (Å²) in [5.74, 6) is 0.479. The summed E-state index contributed by atoms with van der Waals surface area (Å²) in [5, 5.41) is 0. The summed E-state index contributed by atoms with van der Waals surface area (Å²) in [6, 6.07) is 14.7. The zero-order chi connectivity index (χ0) is 27.5. The molecule has 0 saturated heterocycles. The summed E-state index contributed by atoms with van der Waals surface area (Å²) in [6.07, 6.45) is -8.13. The largest absolute Gasteiger partial charge is 0.494 e. The van der Waals surface area contributed by atoms with Crippen LogP contribution in [0.1, 0.15) is 34.4 Å². The summed E-state index contributed by atoms with van der Waals surface area (Å²) < 4.78 is 90.3. The Morgan fingerprint density at radius 1 is 1.00 bits per heavy atom. The molecular weight excluding hydrogens is 516 g/mol. The number of nitrogens with zero attached hydrogens (tertiary/aromatic N) is 3. The van der Waals surface area contributed by atoms with Gasteiger partial charge in [0.1, 0.15) is 30.4 Å². The molecule has 6 nitrogen and oxygen atoms in total. The fourth-order valence-corrected chi connectivity index (χ4v) is 4.05. The van der Waals surface area contributed by atoms with Crippen LogP contribution in [0, 0.1) is 0 Å². The van der Waals surface area contributed by atoms with E-state index in [1.54, 1.807) is 12.1 Å². The minimum atomic E-state index is -5.00. The lowest BCUT2D eigenvalue weighted by Crippen LogP contribution is -2.44. The van der Waals surface area contributed by atoms with Gasteiger partial charge >= 0.3 is 12.4 Å². The number of alkyl halides is 6. The Morgan fingerprint density at radius 2 is 1.68 bits per heavy atom. The molecule has 0 spiro atoms. The molecule has 2 aromatic carbocycles. The molecule has 1 amide bonds. The fourth-order valence-electron chi connectivity index (χ4n) is 4.05. The highest BCUT2D eigenvalue weighted by atomic mass is 19.4. The van der Waals surface area contributed by atoms with Crippen molar-refractivity contribution in [2.24, 2.45) is 0 Å². The van der Waals surface area contributed by atoms with Crippen molar-refractivity contribution in [2.75, 3.05) is 19.7 Å². The molecule has 0 saturated carbocycles. The topological polar surface area (TPSA) is 60.5 Å². The third kappa shape index (κ3) is 6.87. The monoisotopic (exact) mass is 539 g/mol. The number of aromatic nitrogens is 2. The zero-order valence-electron chi connectivity index (χ0n) is 20.1. The predicted octanol–water partition coefficient (Wildman–Crippen LogP) is 6.23. The van der Waals surface area contributed by atoms with Crippen molar-refractivity contribution in [3.63, 3.8) is 0 Å². The Balaban J connectivity index is 1.70. The molecule has 12 heteroatoms. The highest BCUT2D eigenvalue weighted by Crippen LogP contribution is 2.26. The van der Waals surface area contributed by atoms with Crippen LogP contribution in [0.15, 0.2) is 65.3 Å². The third-order valence-corrected chi connectivity index (χ3v) is 5.59. The molecule has 4 rings (SSSR count). The van der Waals surface area contributed by atoms with Crippen molar-refractivity contribution >= 4 is 16.9 Å². The van der Waals surface area contributed by atoms with Gasteiger partial charge in [-0.05, 0) is 55.0 Å². The van der Waals surface area contributed by atoms with Crippen LogP contribution in [0.2, 0.25) is 0 Å². The van der Waals surface area contributed by atoms with Crippen molar-refractivity contribution in [3.8, 4) is 5.75 Å². The lowest BCUT2D eigenvalue weighted by molar-refractivity contribution is -0.171. The first kappa shape index (κ1) is 27.1. The molecule has 0 radical (unpaired) electrons. The highest BCUT2D eigenvalue weighted by Gasteiger charge is 2.40. The number of carbonyl (C=O) groups is 1. The van der Waals surface area contributed by atoms with Crippen LogP contribution >= 0.6 is 0 Å². The number of amides is 1. The molecule has 38 heavy (non-hydrogen) atoms. The second-order valence-electron chi connectivity index (χ2n) is 8.54. The van der Waals surface area contributed by atoms with Gasteiger partial charge in [-0.1, -0.05) is 12.1 Å².